The van der Waals surface area contributed by atoms with Crippen LogP contribution >= 0.6 is 0 Å². The van der Waals surface area contributed by atoms with Gasteiger partial charge in [-0.2, -0.15) is 4.68 Å². The van der Waals surface area contributed by atoms with Crippen molar-refractivity contribution >= 4 is 11.6 Å². The van der Waals surface area contributed by atoms with Crippen molar-refractivity contribution in [2.75, 3.05) is 12.4 Å². The molecular formula is C18H17N5O. The minimum absolute atomic E-state index is 0.0467. The fourth-order valence-corrected chi connectivity index (χ4v) is 2.93. The molecule has 0 radical (unpaired) electrons. The lowest BCUT2D eigenvalue weighted by atomic mass is 9.98. The molecule has 3 aromatic rings. The molecule has 120 valence electrons. The van der Waals surface area contributed by atoms with Gasteiger partial charge in [-0.25, -0.2) is 0 Å². The number of fused-ring (bicyclic) bond motifs is 1. The molecule has 0 amide bonds. The summed E-state index contributed by atoms with van der Waals surface area (Å²) in [6.45, 7) is 2.10. The first-order valence-corrected chi connectivity index (χ1v) is 7.73. The first-order valence-electron chi connectivity index (χ1n) is 7.73. The smallest absolute Gasteiger partial charge is 0.248 e. The molecule has 1 atom stereocenters. The van der Waals surface area contributed by atoms with Crippen LogP contribution in [0.5, 0.6) is 5.75 Å². The number of tetrazole rings is 1. The highest BCUT2D eigenvalue weighted by Crippen LogP contribution is 2.33. The van der Waals surface area contributed by atoms with Gasteiger partial charge in [0.15, 0.2) is 0 Å². The topological polar surface area (TPSA) is 64.9 Å². The van der Waals surface area contributed by atoms with Gasteiger partial charge in [0.05, 0.1) is 7.11 Å². The third-order valence-electron chi connectivity index (χ3n) is 4.24. The lowest BCUT2D eigenvalue weighted by molar-refractivity contribution is 0.415. The van der Waals surface area contributed by atoms with E-state index >= 15 is 0 Å². The van der Waals surface area contributed by atoms with E-state index in [1.165, 1.54) is 11.1 Å². The van der Waals surface area contributed by atoms with Gasteiger partial charge in [-0.15, -0.1) is 0 Å². The molecule has 0 spiro atoms. The number of methoxy groups -OCH3 is 1. The van der Waals surface area contributed by atoms with Crippen LogP contribution in [-0.2, 0) is 0 Å². The van der Waals surface area contributed by atoms with Crippen LogP contribution in [-0.4, -0.2) is 27.3 Å². The Balaban J connectivity index is 1.80. The molecule has 6 nitrogen and oxygen atoms in total. The normalized spacial score (nSPS) is 16.1. The molecule has 24 heavy (non-hydrogen) atoms. The van der Waals surface area contributed by atoms with Gasteiger partial charge in [-0.1, -0.05) is 29.4 Å². The van der Waals surface area contributed by atoms with Crippen LogP contribution in [0.4, 0.5) is 5.95 Å². The van der Waals surface area contributed by atoms with Crippen molar-refractivity contribution in [3.8, 4) is 5.75 Å². The summed E-state index contributed by atoms with van der Waals surface area (Å²) < 4.78 is 7.03. The van der Waals surface area contributed by atoms with Crippen LogP contribution in [0, 0.1) is 6.92 Å². The Labute approximate surface area is 139 Å². The van der Waals surface area contributed by atoms with E-state index < -0.39 is 0 Å². The van der Waals surface area contributed by atoms with E-state index in [1.807, 2.05) is 36.4 Å². The van der Waals surface area contributed by atoms with Crippen molar-refractivity contribution in [3.63, 3.8) is 0 Å². The largest absolute Gasteiger partial charge is 0.497 e. The van der Waals surface area contributed by atoms with Gasteiger partial charge in [-0.05, 0) is 64.4 Å². The highest BCUT2D eigenvalue weighted by atomic mass is 16.5. The quantitative estimate of drug-likeness (QED) is 0.804. The number of hydrogen-bond acceptors (Lipinski definition) is 5. The molecule has 1 N–H and O–H groups in total. The Morgan fingerprint density at radius 3 is 2.62 bits per heavy atom. The van der Waals surface area contributed by atoms with Crippen molar-refractivity contribution in [2.45, 2.75) is 13.0 Å². The van der Waals surface area contributed by atoms with Crippen LogP contribution in [0.15, 0.2) is 54.6 Å². The standard InChI is InChI=1S/C18H17N5O/c1-12-5-3-4-6-15(12)17-11-16(19-18-20-21-22-23(17)18)13-7-9-14(24-2)10-8-13/h3-11,17H,1-2H3,(H,19,20,22)/t17-/m1/s1. The Kier molecular flexibility index (Phi) is 3.49. The maximum Gasteiger partial charge on any atom is 0.248 e. The molecule has 0 saturated carbocycles. The number of ether oxygens (including phenoxy) is 1. The van der Waals surface area contributed by atoms with E-state index in [-0.39, 0.29) is 6.04 Å². The number of allylic oxidation sites excluding steroid dienone is 1. The molecular weight excluding hydrogens is 302 g/mol. The highest BCUT2D eigenvalue weighted by Gasteiger charge is 2.25. The van der Waals surface area contributed by atoms with Crippen LogP contribution < -0.4 is 10.1 Å². The fraction of sp³-hybridized carbons (Fsp3) is 0.167. The molecule has 2 aromatic carbocycles. The zero-order valence-electron chi connectivity index (χ0n) is 13.5. The van der Waals surface area contributed by atoms with Crippen molar-refractivity contribution in [1.82, 2.24) is 20.2 Å². The number of hydrogen-bond donors (Lipinski definition) is 1. The number of rotatable bonds is 3. The van der Waals surface area contributed by atoms with Crippen molar-refractivity contribution in [2.24, 2.45) is 0 Å². The second-order valence-corrected chi connectivity index (χ2v) is 5.68. The molecule has 0 bridgehead atoms. The summed E-state index contributed by atoms with van der Waals surface area (Å²) in [5.74, 6) is 1.46. The SMILES string of the molecule is COc1ccc(C2=C[C@H](c3ccccc3C)n3nnnc3N2)cc1. The maximum atomic E-state index is 5.23. The van der Waals surface area contributed by atoms with Crippen LogP contribution in [0.1, 0.15) is 22.7 Å². The van der Waals surface area contributed by atoms with E-state index in [0.29, 0.717) is 5.95 Å². The van der Waals surface area contributed by atoms with Gasteiger partial charge < -0.3 is 10.1 Å². The van der Waals surface area contributed by atoms with E-state index in [9.17, 15) is 0 Å². The molecule has 2 heterocycles. The summed E-state index contributed by atoms with van der Waals surface area (Å²) >= 11 is 0. The van der Waals surface area contributed by atoms with Gasteiger partial charge >= 0.3 is 0 Å². The lowest BCUT2D eigenvalue weighted by Gasteiger charge is -2.24. The molecule has 0 saturated heterocycles. The Bertz CT molecular complexity index is 898. The van der Waals surface area contributed by atoms with E-state index in [4.69, 9.17) is 4.74 Å². The zero-order chi connectivity index (χ0) is 16.5. The molecule has 1 aromatic heterocycles. The predicted octanol–water partition coefficient (Wildman–Crippen LogP) is 3.05. The number of nitrogens with zero attached hydrogens (tertiary/aromatic N) is 4. The first kappa shape index (κ1) is 14.4. The predicted molar refractivity (Wildman–Crippen MR) is 91.7 cm³/mol. The summed E-state index contributed by atoms with van der Waals surface area (Å²) in [5.41, 5.74) is 4.42. The highest BCUT2D eigenvalue weighted by molar-refractivity contribution is 5.77. The van der Waals surface area contributed by atoms with E-state index in [1.54, 1.807) is 11.8 Å². The zero-order valence-corrected chi connectivity index (χ0v) is 13.5. The van der Waals surface area contributed by atoms with Gasteiger partial charge in [0.1, 0.15) is 11.8 Å². The first-order chi connectivity index (χ1) is 11.8. The lowest BCUT2D eigenvalue weighted by Crippen LogP contribution is -2.20. The van der Waals surface area contributed by atoms with Gasteiger partial charge in [0.2, 0.25) is 5.95 Å². The second kappa shape index (κ2) is 5.81. The summed E-state index contributed by atoms with van der Waals surface area (Å²) in [6, 6.07) is 16.2. The van der Waals surface area contributed by atoms with E-state index in [2.05, 4.69) is 46.0 Å². The van der Waals surface area contributed by atoms with Crippen LogP contribution in [0.25, 0.3) is 5.70 Å². The molecule has 1 aliphatic heterocycles. The summed E-state index contributed by atoms with van der Waals surface area (Å²) in [4.78, 5) is 0. The Morgan fingerprint density at radius 2 is 1.88 bits per heavy atom. The minimum Gasteiger partial charge on any atom is -0.497 e. The fourth-order valence-electron chi connectivity index (χ4n) is 2.93. The molecule has 4 rings (SSSR count). The average Bonchev–Trinajstić information content (AvgIpc) is 3.10. The second-order valence-electron chi connectivity index (χ2n) is 5.68. The maximum absolute atomic E-state index is 5.23. The molecule has 0 aliphatic carbocycles. The molecule has 0 unspecified atom stereocenters. The number of aryl methyl sites for hydroxylation is 1. The number of benzene rings is 2. The molecule has 1 aliphatic rings. The van der Waals surface area contributed by atoms with Crippen molar-refractivity contribution in [3.05, 3.63) is 71.3 Å². The molecule has 6 heteroatoms. The van der Waals surface area contributed by atoms with Crippen LogP contribution in [0.2, 0.25) is 0 Å². The summed E-state index contributed by atoms with van der Waals surface area (Å²) in [7, 11) is 1.66. The minimum atomic E-state index is -0.0467. The average molecular weight is 319 g/mol. The third kappa shape index (κ3) is 2.42. The molecule has 0 fully saturated rings. The van der Waals surface area contributed by atoms with Crippen molar-refractivity contribution in [1.29, 1.82) is 0 Å². The number of anilines is 1. The van der Waals surface area contributed by atoms with E-state index in [0.717, 1.165) is 17.0 Å². The number of nitrogens with one attached hydrogen (secondary N) is 1. The number of aromatic nitrogens is 4. The van der Waals surface area contributed by atoms with Gasteiger partial charge in [0.25, 0.3) is 0 Å². The van der Waals surface area contributed by atoms with Gasteiger partial charge in [-0.3, -0.25) is 0 Å². The summed E-state index contributed by atoms with van der Waals surface area (Å²) in [5, 5.41) is 15.3. The van der Waals surface area contributed by atoms with Crippen molar-refractivity contribution < 1.29 is 4.74 Å². The summed E-state index contributed by atoms with van der Waals surface area (Å²) in [6.07, 6.45) is 2.15. The van der Waals surface area contributed by atoms with Gasteiger partial charge in [0, 0.05) is 5.70 Å². The van der Waals surface area contributed by atoms with Crippen LogP contribution in [0.3, 0.4) is 0 Å². The third-order valence-corrected chi connectivity index (χ3v) is 4.24. The Hall–Kier alpha value is -3.15. The monoisotopic (exact) mass is 319 g/mol. The Morgan fingerprint density at radius 1 is 1.08 bits per heavy atom.